The van der Waals surface area contributed by atoms with Crippen molar-refractivity contribution in [2.24, 2.45) is 5.10 Å². The molecule has 3 aliphatic rings. The highest BCUT2D eigenvalue weighted by molar-refractivity contribution is 6.39. The number of benzene rings is 1. The minimum absolute atomic E-state index is 0.0190. The Bertz CT molecular complexity index is 704. The number of hydrogen-bond donors (Lipinski definition) is 1. The maximum Gasteiger partial charge on any atom is 0.270 e. The summed E-state index contributed by atoms with van der Waals surface area (Å²) in [5, 5.41) is 4.00. The van der Waals surface area contributed by atoms with Crippen LogP contribution in [-0.2, 0) is 21.5 Å². The average Bonchev–Trinajstić information content (AvgIpc) is 2.62. The van der Waals surface area contributed by atoms with Gasteiger partial charge in [0.25, 0.3) is 5.91 Å². The minimum Gasteiger partial charge on any atom is -0.332 e. The SMILES string of the molecule is O=C1CCC(C(=O)N2Cc3ccccc3C3(CCCCC3)C2)=NN1. The summed E-state index contributed by atoms with van der Waals surface area (Å²) in [6.45, 7) is 1.42. The van der Waals surface area contributed by atoms with Crippen molar-refractivity contribution in [2.75, 3.05) is 6.54 Å². The molecule has 0 radical (unpaired) electrons. The maximum atomic E-state index is 12.9. The van der Waals surface area contributed by atoms with Gasteiger partial charge in [-0.15, -0.1) is 0 Å². The van der Waals surface area contributed by atoms with Gasteiger partial charge in [0.1, 0.15) is 5.71 Å². The third-order valence-corrected chi connectivity index (χ3v) is 5.69. The van der Waals surface area contributed by atoms with E-state index < -0.39 is 0 Å². The number of carbonyl (C=O) groups excluding carboxylic acids is 2. The fourth-order valence-electron chi connectivity index (χ4n) is 4.50. The van der Waals surface area contributed by atoms with Gasteiger partial charge in [0.15, 0.2) is 0 Å². The zero-order valence-electron chi connectivity index (χ0n) is 13.9. The third kappa shape index (κ3) is 2.62. The van der Waals surface area contributed by atoms with E-state index in [2.05, 4.69) is 34.8 Å². The second-order valence-electron chi connectivity index (χ2n) is 7.25. The minimum atomic E-state index is -0.112. The topological polar surface area (TPSA) is 61.8 Å². The Labute approximate surface area is 142 Å². The zero-order valence-corrected chi connectivity index (χ0v) is 13.9. The molecule has 1 fully saturated rings. The summed E-state index contributed by atoms with van der Waals surface area (Å²) in [4.78, 5) is 26.2. The largest absolute Gasteiger partial charge is 0.332 e. The Morgan fingerprint density at radius 3 is 2.67 bits per heavy atom. The number of carbonyl (C=O) groups is 2. The number of nitrogens with one attached hydrogen (secondary N) is 1. The van der Waals surface area contributed by atoms with Crippen LogP contribution in [0.15, 0.2) is 29.4 Å². The Hall–Kier alpha value is -2.17. The first-order chi connectivity index (χ1) is 11.7. The summed E-state index contributed by atoms with van der Waals surface area (Å²) in [5.74, 6) is -0.131. The van der Waals surface area contributed by atoms with Crippen molar-refractivity contribution in [1.82, 2.24) is 10.3 Å². The normalized spacial score (nSPS) is 22.6. The number of rotatable bonds is 1. The molecule has 1 spiro atoms. The van der Waals surface area contributed by atoms with E-state index in [0.717, 1.165) is 19.4 Å². The van der Waals surface area contributed by atoms with Gasteiger partial charge in [-0.2, -0.15) is 5.10 Å². The van der Waals surface area contributed by atoms with Gasteiger partial charge in [-0.1, -0.05) is 43.5 Å². The molecule has 0 unspecified atom stereocenters. The molecule has 1 aromatic rings. The first-order valence-electron chi connectivity index (χ1n) is 8.91. The van der Waals surface area contributed by atoms with Gasteiger partial charge in [-0.05, 0) is 24.0 Å². The Kier molecular flexibility index (Phi) is 3.87. The molecule has 126 valence electrons. The van der Waals surface area contributed by atoms with E-state index in [1.54, 1.807) is 0 Å². The van der Waals surface area contributed by atoms with Crippen molar-refractivity contribution in [3.05, 3.63) is 35.4 Å². The van der Waals surface area contributed by atoms with Crippen LogP contribution in [0.1, 0.15) is 56.1 Å². The van der Waals surface area contributed by atoms with E-state index in [1.807, 2.05) is 4.90 Å². The second-order valence-corrected chi connectivity index (χ2v) is 7.25. The molecule has 2 heterocycles. The van der Waals surface area contributed by atoms with Gasteiger partial charge in [-0.25, -0.2) is 5.43 Å². The fourth-order valence-corrected chi connectivity index (χ4v) is 4.50. The molecule has 4 rings (SSSR count). The summed E-state index contributed by atoms with van der Waals surface area (Å²) < 4.78 is 0. The molecule has 0 aromatic heterocycles. The average molecular weight is 325 g/mol. The molecule has 1 aromatic carbocycles. The van der Waals surface area contributed by atoms with Crippen molar-refractivity contribution >= 4 is 17.5 Å². The van der Waals surface area contributed by atoms with Crippen molar-refractivity contribution in [2.45, 2.75) is 56.9 Å². The van der Waals surface area contributed by atoms with E-state index >= 15 is 0 Å². The summed E-state index contributed by atoms with van der Waals surface area (Å²) in [6.07, 6.45) is 6.83. The van der Waals surface area contributed by atoms with Crippen LogP contribution in [-0.4, -0.2) is 29.0 Å². The van der Waals surface area contributed by atoms with Gasteiger partial charge in [0, 0.05) is 31.3 Å². The molecule has 1 N–H and O–H groups in total. The van der Waals surface area contributed by atoms with Crippen LogP contribution < -0.4 is 5.43 Å². The van der Waals surface area contributed by atoms with Gasteiger partial charge in [0.05, 0.1) is 0 Å². The number of fused-ring (bicyclic) bond motifs is 2. The molecule has 24 heavy (non-hydrogen) atoms. The molecule has 0 bridgehead atoms. The van der Waals surface area contributed by atoms with Crippen LogP contribution in [0.5, 0.6) is 0 Å². The summed E-state index contributed by atoms with van der Waals surface area (Å²) >= 11 is 0. The first kappa shape index (κ1) is 15.4. The first-order valence-corrected chi connectivity index (χ1v) is 8.91. The molecule has 0 saturated heterocycles. The monoisotopic (exact) mass is 325 g/mol. The van der Waals surface area contributed by atoms with E-state index in [9.17, 15) is 9.59 Å². The highest BCUT2D eigenvalue weighted by Crippen LogP contribution is 2.44. The lowest BCUT2D eigenvalue weighted by atomic mass is 9.66. The van der Waals surface area contributed by atoms with E-state index in [0.29, 0.717) is 25.1 Å². The lowest BCUT2D eigenvalue weighted by molar-refractivity contribution is -0.126. The number of hydrogen-bond acceptors (Lipinski definition) is 3. The summed E-state index contributed by atoms with van der Waals surface area (Å²) in [5.41, 5.74) is 5.73. The highest BCUT2D eigenvalue weighted by Gasteiger charge is 2.42. The standard InChI is InChI=1S/C19H23N3O2/c23-17-9-8-16(20-21-17)18(24)22-12-14-6-2-3-7-15(14)19(13-22)10-4-1-5-11-19/h2-3,6-7H,1,4-5,8-13H2,(H,21,23). The molecule has 5 nitrogen and oxygen atoms in total. The quantitative estimate of drug-likeness (QED) is 0.862. The van der Waals surface area contributed by atoms with Gasteiger partial charge in [0.2, 0.25) is 5.91 Å². The molecule has 1 saturated carbocycles. The van der Waals surface area contributed by atoms with E-state index in [-0.39, 0.29) is 17.2 Å². The van der Waals surface area contributed by atoms with Gasteiger partial charge >= 0.3 is 0 Å². The molecule has 2 amide bonds. The van der Waals surface area contributed by atoms with E-state index in [4.69, 9.17) is 0 Å². The van der Waals surface area contributed by atoms with Crippen LogP contribution in [0.25, 0.3) is 0 Å². The zero-order chi connectivity index (χ0) is 16.6. The lowest BCUT2D eigenvalue weighted by Crippen LogP contribution is -2.51. The van der Waals surface area contributed by atoms with E-state index in [1.165, 1.54) is 30.4 Å². The van der Waals surface area contributed by atoms with Crippen molar-refractivity contribution < 1.29 is 9.59 Å². The maximum absolute atomic E-state index is 12.9. The third-order valence-electron chi connectivity index (χ3n) is 5.69. The number of nitrogens with zero attached hydrogens (tertiary/aromatic N) is 2. The Balaban J connectivity index is 1.64. The van der Waals surface area contributed by atoms with Crippen LogP contribution in [0.3, 0.4) is 0 Å². The number of amides is 2. The number of hydrazone groups is 1. The predicted molar refractivity (Wildman–Crippen MR) is 91.4 cm³/mol. The molecular formula is C19H23N3O2. The Morgan fingerprint density at radius 2 is 1.92 bits per heavy atom. The molecule has 0 atom stereocenters. The van der Waals surface area contributed by atoms with Gasteiger partial charge < -0.3 is 4.90 Å². The molecule has 5 heteroatoms. The van der Waals surface area contributed by atoms with Crippen molar-refractivity contribution in [1.29, 1.82) is 0 Å². The predicted octanol–water partition coefficient (Wildman–Crippen LogP) is 2.50. The highest BCUT2D eigenvalue weighted by atomic mass is 16.2. The summed E-state index contributed by atoms with van der Waals surface area (Å²) in [6, 6.07) is 8.57. The second kappa shape index (κ2) is 6.04. The van der Waals surface area contributed by atoms with Crippen LogP contribution in [0.2, 0.25) is 0 Å². The Morgan fingerprint density at radius 1 is 1.12 bits per heavy atom. The van der Waals surface area contributed by atoms with Crippen molar-refractivity contribution in [3.63, 3.8) is 0 Å². The smallest absolute Gasteiger partial charge is 0.270 e. The van der Waals surface area contributed by atoms with Crippen LogP contribution in [0.4, 0.5) is 0 Å². The molecule has 2 aliphatic heterocycles. The molecular weight excluding hydrogens is 302 g/mol. The van der Waals surface area contributed by atoms with Crippen LogP contribution >= 0.6 is 0 Å². The summed E-state index contributed by atoms with van der Waals surface area (Å²) in [7, 11) is 0. The van der Waals surface area contributed by atoms with Crippen molar-refractivity contribution in [3.8, 4) is 0 Å². The van der Waals surface area contributed by atoms with Crippen LogP contribution in [0, 0.1) is 0 Å². The molecule has 1 aliphatic carbocycles. The lowest BCUT2D eigenvalue weighted by Gasteiger charge is -2.46. The van der Waals surface area contributed by atoms with Gasteiger partial charge in [-0.3, -0.25) is 9.59 Å². The fraction of sp³-hybridized carbons (Fsp3) is 0.526.